The first-order valence-electron chi connectivity index (χ1n) is 6.50. The number of rotatable bonds is 5. The van der Waals surface area contributed by atoms with Gasteiger partial charge in [-0.05, 0) is 30.3 Å². The highest BCUT2D eigenvalue weighted by atomic mass is 32.2. The number of benzene rings is 1. The lowest BCUT2D eigenvalue weighted by atomic mass is 10.2. The van der Waals surface area contributed by atoms with Crippen molar-refractivity contribution in [2.45, 2.75) is 5.22 Å². The highest BCUT2D eigenvalue weighted by molar-refractivity contribution is 7.99. The van der Waals surface area contributed by atoms with Crippen molar-refractivity contribution in [3.05, 3.63) is 48.5 Å². The summed E-state index contributed by atoms with van der Waals surface area (Å²) in [7, 11) is 0. The van der Waals surface area contributed by atoms with Gasteiger partial charge in [-0.1, -0.05) is 11.8 Å². The van der Waals surface area contributed by atoms with Crippen molar-refractivity contribution in [2.75, 3.05) is 11.1 Å². The summed E-state index contributed by atoms with van der Waals surface area (Å²) in [4.78, 5) is 19.5. The molecule has 0 aliphatic rings. The van der Waals surface area contributed by atoms with E-state index >= 15 is 0 Å². The number of hydrogen-bond acceptors (Lipinski definition) is 7. The van der Waals surface area contributed by atoms with E-state index in [9.17, 15) is 9.18 Å². The van der Waals surface area contributed by atoms with Crippen molar-refractivity contribution in [1.29, 1.82) is 0 Å². The van der Waals surface area contributed by atoms with Crippen LogP contribution in [-0.2, 0) is 4.79 Å². The van der Waals surface area contributed by atoms with E-state index in [-0.39, 0.29) is 34.5 Å². The van der Waals surface area contributed by atoms with Crippen LogP contribution in [0.2, 0.25) is 0 Å². The van der Waals surface area contributed by atoms with Crippen LogP contribution in [0.4, 0.5) is 10.3 Å². The van der Waals surface area contributed by atoms with E-state index in [1.165, 1.54) is 36.7 Å². The zero-order valence-corrected chi connectivity index (χ0v) is 12.5. The number of amides is 1. The first-order chi connectivity index (χ1) is 11.2. The summed E-state index contributed by atoms with van der Waals surface area (Å²) < 4.78 is 18.3. The molecule has 0 atom stereocenters. The summed E-state index contributed by atoms with van der Waals surface area (Å²) in [5.41, 5.74) is 0.605. The standard InChI is InChI=1S/C14H10FN5O2S/c15-10-4-2-9(3-5-10)12-19-20-14(22-12)23-8-11(21)18-13-16-6-1-7-17-13/h1-7H,8H2,(H,16,17,18,21). The van der Waals surface area contributed by atoms with Gasteiger partial charge in [0.25, 0.3) is 5.22 Å². The summed E-state index contributed by atoms with van der Waals surface area (Å²) >= 11 is 1.08. The van der Waals surface area contributed by atoms with Crippen molar-refractivity contribution < 1.29 is 13.6 Å². The molecule has 1 N–H and O–H groups in total. The highest BCUT2D eigenvalue weighted by Crippen LogP contribution is 2.23. The lowest BCUT2D eigenvalue weighted by Gasteiger charge is -2.00. The molecule has 0 saturated heterocycles. The molecule has 7 nitrogen and oxygen atoms in total. The van der Waals surface area contributed by atoms with E-state index in [2.05, 4.69) is 25.5 Å². The minimum Gasteiger partial charge on any atom is -0.411 e. The van der Waals surface area contributed by atoms with Crippen LogP contribution >= 0.6 is 11.8 Å². The van der Waals surface area contributed by atoms with Gasteiger partial charge < -0.3 is 4.42 Å². The molecule has 9 heteroatoms. The molecule has 0 aliphatic carbocycles. The Labute approximate surface area is 134 Å². The van der Waals surface area contributed by atoms with E-state index in [1.807, 2.05) is 0 Å². The monoisotopic (exact) mass is 331 g/mol. The second-order valence-electron chi connectivity index (χ2n) is 4.29. The molecule has 23 heavy (non-hydrogen) atoms. The third-order valence-electron chi connectivity index (χ3n) is 2.64. The Morgan fingerprint density at radius 1 is 1.17 bits per heavy atom. The topological polar surface area (TPSA) is 93.8 Å². The molecule has 0 aliphatic heterocycles. The molecular formula is C14H10FN5O2S. The third kappa shape index (κ3) is 4.10. The van der Waals surface area contributed by atoms with Gasteiger partial charge in [0.15, 0.2) is 0 Å². The number of carbonyl (C=O) groups excluding carboxylic acids is 1. The van der Waals surface area contributed by atoms with E-state index in [0.29, 0.717) is 5.56 Å². The predicted octanol–water partition coefficient (Wildman–Crippen LogP) is 2.40. The number of nitrogens with zero attached hydrogens (tertiary/aromatic N) is 4. The largest absolute Gasteiger partial charge is 0.411 e. The molecule has 1 amide bonds. The summed E-state index contributed by atoms with van der Waals surface area (Å²) in [6, 6.07) is 7.34. The van der Waals surface area contributed by atoms with Gasteiger partial charge in [0.1, 0.15) is 5.82 Å². The minimum atomic E-state index is -0.345. The van der Waals surface area contributed by atoms with Crippen molar-refractivity contribution in [1.82, 2.24) is 20.2 Å². The SMILES string of the molecule is O=C(CSc1nnc(-c2ccc(F)cc2)o1)Nc1ncccn1. The van der Waals surface area contributed by atoms with Gasteiger partial charge in [-0.15, -0.1) is 10.2 Å². The number of thioether (sulfide) groups is 1. The maximum Gasteiger partial charge on any atom is 0.277 e. The number of halogens is 1. The third-order valence-corrected chi connectivity index (χ3v) is 3.46. The van der Waals surface area contributed by atoms with Crippen LogP contribution in [0.25, 0.3) is 11.5 Å². The molecule has 116 valence electrons. The smallest absolute Gasteiger partial charge is 0.277 e. The molecule has 0 unspecified atom stereocenters. The van der Waals surface area contributed by atoms with Gasteiger partial charge in [0.05, 0.1) is 5.75 Å². The minimum absolute atomic E-state index is 0.0727. The average Bonchev–Trinajstić information content (AvgIpc) is 3.04. The Kier molecular flexibility index (Phi) is 4.57. The van der Waals surface area contributed by atoms with Crippen LogP contribution in [0.3, 0.4) is 0 Å². The summed E-state index contributed by atoms with van der Waals surface area (Å²) in [6.45, 7) is 0. The molecule has 2 aromatic heterocycles. The Morgan fingerprint density at radius 3 is 2.65 bits per heavy atom. The van der Waals surface area contributed by atoms with Crippen molar-refractivity contribution >= 4 is 23.6 Å². The quantitative estimate of drug-likeness (QED) is 0.717. The van der Waals surface area contributed by atoms with Crippen molar-refractivity contribution in [3.63, 3.8) is 0 Å². The molecule has 3 rings (SSSR count). The van der Waals surface area contributed by atoms with Crippen molar-refractivity contribution in [3.8, 4) is 11.5 Å². The molecular weight excluding hydrogens is 321 g/mol. The molecule has 0 radical (unpaired) electrons. The Bertz CT molecular complexity index is 794. The van der Waals surface area contributed by atoms with Gasteiger partial charge >= 0.3 is 0 Å². The molecule has 1 aromatic carbocycles. The summed E-state index contributed by atoms with van der Waals surface area (Å²) in [5.74, 6) is -0.0659. The van der Waals surface area contributed by atoms with Crippen LogP contribution in [0, 0.1) is 5.82 Å². The van der Waals surface area contributed by atoms with Gasteiger partial charge in [0.2, 0.25) is 17.7 Å². The summed E-state index contributed by atoms with van der Waals surface area (Å²) in [6.07, 6.45) is 3.06. The average molecular weight is 331 g/mol. The normalized spacial score (nSPS) is 10.5. The second-order valence-corrected chi connectivity index (χ2v) is 5.22. The number of anilines is 1. The Hall–Kier alpha value is -2.81. The van der Waals surface area contributed by atoms with Gasteiger partial charge in [0, 0.05) is 18.0 Å². The van der Waals surface area contributed by atoms with Crippen LogP contribution < -0.4 is 5.32 Å². The summed E-state index contributed by atoms with van der Waals surface area (Å²) in [5, 5.41) is 10.5. The lowest BCUT2D eigenvalue weighted by molar-refractivity contribution is -0.113. The Balaban J connectivity index is 1.57. The van der Waals surface area contributed by atoms with Crippen LogP contribution in [-0.4, -0.2) is 31.8 Å². The number of carbonyl (C=O) groups is 1. The van der Waals surface area contributed by atoms with E-state index in [1.54, 1.807) is 6.07 Å². The molecule has 0 bridgehead atoms. The molecule has 0 saturated carbocycles. The molecule has 0 spiro atoms. The predicted molar refractivity (Wildman–Crippen MR) is 81.1 cm³/mol. The second kappa shape index (κ2) is 6.97. The van der Waals surface area contributed by atoms with Gasteiger partial charge in [-0.3, -0.25) is 10.1 Å². The van der Waals surface area contributed by atoms with Gasteiger partial charge in [-0.2, -0.15) is 0 Å². The fourth-order valence-electron chi connectivity index (χ4n) is 1.63. The van der Waals surface area contributed by atoms with E-state index in [4.69, 9.17) is 4.42 Å². The lowest BCUT2D eigenvalue weighted by Crippen LogP contribution is -2.15. The molecule has 0 fully saturated rings. The zero-order chi connectivity index (χ0) is 16.1. The van der Waals surface area contributed by atoms with Crippen LogP contribution in [0.1, 0.15) is 0 Å². The van der Waals surface area contributed by atoms with Crippen molar-refractivity contribution in [2.24, 2.45) is 0 Å². The molecule has 2 heterocycles. The highest BCUT2D eigenvalue weighted by Gasteiger charge is 2.12. The number of aromatic nitrogens is 4. The molecule has 3 aromatic rings. The van der Waals surface area contributed by atoms with Gasteiger partial charge in [-0.25, -0.2) is 14.4 Å². The van der Waals surface area contributed by atoms with E-state index < -0.39 is 0 Å². The maximum absolute atomic E-state index is 12.9. The fourth-order valence-corrected chi connectivity index (χ4v) is 2.19. The van der Waals surface area contributed by atoms with Crippen LogP contribution in [0.15, 0.2) is 52.4 Å². The number of nitrogens with one attached hydrogen (secondary N) is 1. The maximum atomic E-state index is 12.9. The Morgan fingerprint density at radius 2 is 1.91 bits per heavy atom. The zero-order valence-electron chi connectivity index (χ0n) is 11.6. The first-order valence-corrected chi connectivity index (χ1v) is 7.48. The first kappa shape index (κ1) is 15.1. The fraction of sp³-hybridized carbons (Fsp3) is 0.0714. The van der Waals surface area contributed by atoms with Crippen LogP contribution in [0.5, 0.6) is 0 Å². The number of hydrogen-bond donors (Lipinski definition) is 1. The van der Waals surface area contributed by atoms with E-state index in [0.717, 1.165) is 11.8 Å².